The Balaban J connectivity index is 1.54. The molecule has 5 unspecified atom stereocenters. The summed E-state index contributed by atoms with van der Waals surface area (Å²) in [6.45, 7) is 7.11. The van der Waals surface area contributed by atoms with Crippen LogP contribution in [0.15, 0.2) is 0 Å². The molecule has 3 N–H and O–H groups in total. The second-order valence-electron chi connectivity index (χ2n) is 11.8. The van der Waals surface area contributed by atoms with E-state index in [9.17, 15) is 20.1 Å². The maximum absolute atomic E-state index is 13.6. The van der Waals surface area contributed by atoms with Crippen molar-refractivity contribution < 1.29 is 20.1 Å². The number of rotatable bonds is 4. The van der Waals surface area contributed by atoms with Crippen LogP contribution < -0.4 is 0 Å². The lowest BCUT2D eigenvalue weighted by atomic mass is 9.54. The van der Waals surface area contributed by atoms with E-state index in [-0.39, 0.29) is 22.9 Å². The molecule has 166 valence electrons. The van der Waals surface area contributed by atoms with Crippen LogP contribution in [0.2, 0.25) is 0 Å². The Morgan fingerprint density at radius 3 is 2.55 bits per heavy atom. The van der Waals surface area contributed by atoms with Crippen LogP contribution in [0.4, 0.5) is 0 Å². The van der Waals surface area contributed by atoms with Crippen molar-refractivity contribution in [3.05, 3.63) is 0 Å². The van der Waals surface area contributed by atoms with E-state index in [4.69, 9.17) is 0 Å². The Hall–Kier alpha value is -0.450. The molecule has 0 amide bonds. The fraction of sp³-hybridized carbons (Fsp3) is 0.960. The van der Waals surface area contributed by atoms with Crippen LogP contribution in [0.25, 0.3) is 0 Å². The highest BCUT2D eigenvalue weighted by molar-refractivity contribution is 5.82. The van der Waals surface area contributed by atoms with Gasteiger partial charge in [0.25, 0.3) is 0 Å². The van der Waals surface area contributed by atoms with Crippen molar-refractivity contribution in [2.24, 2.45) is 46.3 Å². The Bertz CT molecular complexity index is 618. The molecule has 4 aliphatic carbocycles. The number of hydrogen-bond donors (Lipinski definition) is 3. The molecule has 4 nitrogen and oxygen atoms in total. The summed E-state index contributed by atoms with van der Waals surface area (Å²) in [5, 5.41) is 28.8. The van der Waals surface area contributed by atoms with Gasteiger partial charge in [-0.1, -0.05) is 20.8 Å². The van der Waals surface area contributed by atoms with E-state index in [0.717, 1.165) is 32.1 Å². The van der Waals surface area contributed by atoms with Gasteiger partial charge in [-0.2, -0.15) is 0 Å². The first-order valence-electron chi connectivity index (χ1n) is 12.2. The molecule has 0 bridgehead atoms. The molecule has 0 heterocycles. The zero-order chi connectivity index (χ0) is 21.0. The van der Waals surface area contributed by atoms with Gasteiger partial charge in [0, 0.05) is 12.3 Å². The van der Waals surface area contributed by atoms with Gasteiger partial charge in [-0.15, -0.1) is 0 Å². The number of carbonyl (C=O) groups excluding carboxylic acids is 1. The van der Waals surface area contributed by atoms with Crippen molar-refractivity contribution in [3.63, 3.8) is 0 Å². The lowest BCUT2D eigenvalue weighted by molar-refractivity contribution is -0.132. The molecule has 0 radical (unpaired) electrons. The lowest BCUT2D eigenvalue weighted by Crippen LogP contribution is -2.45. The molecule has 29 heavy (non-hydrogen) atoms. The van der Waals surface area contributed by atoms with Crippen LogP contribution in [0, 0.1) is 46.3 Å². The van der Waals surface area contributed by atoms with E-state index in [2.05, 4.69) is 20.8 Å². The molecule has 0 aliphatic heterocycles. The largest absolute Gasteiger partial charge is 0.393 e. The summed E-state index contributed by atoms with van der Waals surface area (Å²) in [5.74, 6) is 3.15. The smallest absolute Gasteiger partial charge is 0.151 e. The molecular weight excluding hydrogens is 364 g/mol. The van der Waals surface area contributed by atoms with E-state index in [1.54, 1.807) is 0 Å². The molecule has 4 rings (SSSR count). The van der Waals surface area contributed by atoms with Crippen molar-refractivity contribution in [3.8, 4) is 0 Å². The quantitative estimate of drug-likeness (QED) is 0.608. The molecule has 0 aromatic rings. The maximum Gasteiger partial charge on any atom is 0.151 e. The van der Waals surface area contributed by atoms with Gasteiger partial charge in [-0.05, 0) is 105 Å². The van der Waals surface area contributed by atoms with Crippen LogP contribution in [0.3, 0.4) is 0 Å². The summed E-state index contributed by atoms with van der Waals surface area (Å²) < 4.78 is 0. The second kappa shape index (κ2) is 7.91. The van der Waals surface area contributed by atoms with E-state index >= 15 is 0 Å². The minimum atomic E-state index is -1.21. The van der Waals surface area contributed by atoms with E-state index in [1.165, 1.54) is 25.7 Å². The molecule has 9 atom stereocenters. The zero-order valence-corrected chi connectivity index (χ0v) is 18.6. The highest BCUT2D eigenvalue weighted by Gasteiger charge is 2.59. The average Bonchev–Trinajstić information content (AvgIpc) is 2.95. The number of carbonyl (C=O) groups is 1. The Morgan fingerprint density at radius 1 is 1.07 bits per heavy atom. The minimum absolute atomic E-state index is 0.215. The molecule has 4 aliphatic rings. The fourth-order valence-corrected chi connectivity index (χ4v) is 8.53. The van der Waals surface area contributed by atoms with Crippen molar-refractivity contribution >= 4 is 5.78 Å². The van der Waals surface area contributed by atoms with Gasteiger partial charge in [0.15, 0.2) is 6.29 Å². The second-order valence-corrected chi connectivity index (χ2v) is 11.8. The first-order valence-corrected chi connectivity index (χ1v) is 12.2. The van der Waals surface area contributed by atoms with Crippen LogP contribution in [-0.2, 0) is 4.79 Å². The Kier molecular flexibility index (Phi) is 5.94. The molecule has 0 aromatic heterocycles. The summed E-state index contributed by atoms with van der Waals surface area (Å²) in [7, 11) is 0. The number of fused-ring (bicyclic) bond motifs is 4. The van der Waals surface area contributed by atoms with E-state index < -0.39 is 6.29 Å². The topological polar surface area (TPSA) is 77.8 Å². The molecular formula is C25H42O4. The SMILES string of the molecule is C[C@H](CCC(O)O)[C@H]1CCC2C3C(=O)CC4C[C@H](O)CCC4(C)CC3CC[C@@]21C. The van der Waals surface area contributed by atoms with Crippen LogP contribution in [0.5, 0.6) is 0 Å². The van der Waals surface area contributed by atoms with Gasteiger partial charge in [0.2, 0.25) is 0 Å². The Morgan fingerprint density at radius 2 is 1.83 bits per heavy atom. The Labute approximate surface area is 176 Å². The van der Waals surface area contributed by atoms with Crippen molar-refractivity contribution in [1.29, 1.82) is 0 Å². The standard InChI is InChI=1S/C25H42O4/c1-15(4-7-22(28)29)19-5-6-20-23-16(8-11-25(19,20)3)14-24(2)10-9-18(26)12-17(24)13-21(23)27/h15-20,22-23,26,28-29H,4-14H2,1-3H3/t15-,16?,17?,18-,19-,20?,23?,24?,25-/m1/s1. The van der Waals surface area contributed by atoms with Gasteiger partial charge in [0.05, 0.1) is 6.10 Å². The summed E-state index contributed by atoms with van der Waals surface area (Å²) in [6, 6.07) is 0. The number of aliphatic hydroxyl groups excluding tert-OH is 2. The number of hydrogen-bond acceptors (Lipinski definition) is 4. The lowest BCUT2D eigenvalue weighted by Gasteiger charge is -2.50. The summed E-state index contributed by atoms with van der Waals surface area (Å²) in [4.78, 5) is 13.6. The van der Waals surface area contributed by atoms with E-state index in [1.807, 2.05) is 0 Å². The molecule has 4 fully saturated rings. The predicted octanol–water partition coefficient (Wildman–Crippen LogP) is 4.30. The zero-order valence-electron chi connectivity index (χ0n) is 18.6. The van der Waals surface area contributed by atoms with Crippen molar-refractivity contribution in [2.75, 3.05) is 0 Å². The number of aliphatic hydroxyl groups is 3. The third-order valence-electron chi connectivity index (χ3n) is 10.2. The maximum atomic E-state index is 13.6. The van der Waals surface area contributed by atoms with Gasteiger partial charge < -0.3 is 15.3 Å². The molecule has 0 aromatic carbocycles. The van der Waals surface area contributed by atoms with Gasteiger partial charge in [-0.3, -0.25) is 4.79 Å². The molecule has 0 spiro atoms. The van der Waals surface area contributed by atoms with Crippen LogP contribution in [-0.4, -0.2) is 33.5 Å². The van der Waals surface area contributed by atoms with Crippen molar-refractivity contribution in [1.82, 2.24) is 0 Å². The minimum Gasteiger partial charge on any atom is -0.393 e. The van der Waals surface area contributed by atoms with Crippen molar-refractivity contribution in [2.45, 2.75) is 104 Å². The summed E-state index contributed by atoms with van der Waals surface area (Å²) >= 11 is 0. The highest BCUT2D eigenvalue weighted by atomic mass is 16.5. The number of Topliss-reactive ketones (excluding diaryl/α,β-unsaturated/α-hetero) is 1. The molecule has 4 saturated carbocycles. The third-order valence-corrected chi connectivity index (χ3v) is 10.2. The van der Waals surface area contributed by atoms with Gasteiger partial charge in [0.1, 0.15) is 5.78 Å². The summed E-state index contributed by atoms with van der Waals surface area (Å²) in [5.41, 5.74) is 0.442. The first kappa shape index (κ1) is 21.8. The fourth-order valence-electron chi connectivity index (χ4n) is 8.53. The first-order chi connectivity index (χ1) is 13.6. The average molecular weight is 407 g/mol. The highest BCUT2D eigenvalue weighted by Crippen LogP contribution is 2.64. The summed E-state index contributed by atoms with van der Waals surface area (Å²) in [6.07, 6.45) is 9.23. The molecule has 0 saturated heterocycles. The number of ketones is 1. The third kappa shape index (κ3) is 3.83. The van der Waals surface area contributed by atoms with Crippen LogP contribution in [0.1, 0.15) is 91.4 Å². The monoisotopic (exact) mass is 406 g/mol. The predicted molar refractivity (Wildman–Crippen MR) is 113 cm³/mol. The van der Waals surface area contributed by atoms with Gasteiger partial charge >= 0.3 is 0 Å². The van der Waals surface area contributed by atoms with E-state index in [0.29, 0.717) is 48.2 Å². The normalized spacial score (nSPS) is 48.6. The van der Waals surface area contributed by atoms with Gasteiger partial charge in [-0.25, -0.2) is 0 Å². The molecule has 4 heteroatoms. The van der Waals surface area contributed by atoms with Crippen LogP contribution >= 0.6 is 0 Å².